The molecule has 3 aromatic rings. The smallest absolute Gasteiger partial charge is 0.245 e. The molecule has 2 heterocycles. The van der Waals surface area contributed by atoms with Crippen LogP contribution in [0.3, 0.4) is 0 Å². The first-order valence-corrected chi connectivity index (χ1v) is 21.2. The normalized spacial score (nSPS) is 17.3. The van der Waals surface area contributed by atoms with E-state index >= 15 is 0 Å². The van der Waals surface area contributed by atoms with Gasteiger partial charge in [-0.2, -0.15) is 0 Å². The van der Waals surface area contributed by atoms with Gasteiger partial charge < -0.3 is 43.0 Å². The molecule has 5 rings (SSSR count). The molecule has 59 heavy (non-hydrogen) atoms. The predicted octanol–water partition coefficient (Wildman–Crippen LogP) is 2.45. The molecule has 2 saturated heterocycles. The second kappa shape index (κ2) is 21.8. The number of nitrogens with two attached hydrogens (primary N) is 3. The maximum Gasteiger partial charge on any atom is 0.245 e. The highest BCUT2D eigenvalue weighted by Crippen LogP contribution is 2.41. The van der Waals surface area contributed by atoms with Gasteiger partial charge in [0.05, 0.1) is 12.1 Å². The molecular weight excluding hydrogens is 745 g/mol. The van der Waals surface area contributed by atoms with Crippen molar-refractivity contribution in [2.24, 2.45) is 28.5 Å². The summed E-state index contributed by atoms with van der Waals surface area (Å²) in [6.07, 6.45) is 4.51. The highest BCUT2D eigenvalue weighted by Gasteiger charge is 2.48. The average molecular weight is 809 g/mol. The van der Waals surface area contributed by atoms with Gasteiger partial charge in [-0.15, -0.1) is 0 Å². The Balaban J connectivity index is 1.20. The van der Waals surface area contributed by atoms with Gasteiger partial charge in [-0.05, 0) is 80.5 Å². The minimum absolute atomic E-state index is 0.0268. The fourth-order valence-electron chi connectivity index (χ4n) is 8.14. The molecule has 3 aromatic carbocycles. The molecule has 5 amide bonds. The van der Waals surface area contributed by atoms with Gasteiger partial charge in [0, 0.05) is 38.0 Å². The van der Waals surface area contributed by atoms with E-state index in [1.54, 1.807) is 0 Å². The van der Waals surface area contributed by atoms with Gasteiger partial charge in [-0.3, -0.25) is 24.0 Å². The molecule has 2 fully saturated rings. The summed E-state index contributed by atoms with van der Waals surface area (Å²) in [6.45, 7) is 6.64. The van der Waals surface area contributed by atoms with Gasteiger partial charge in [-0.25, -0.2) is 0 Å². The number of carbonyl (C=O) groups excluding carboxylic acids is 5. The first kappa shape index (κ1) is 45.0. The van der Waals surface area contributed by atoms with Crippen LogP contribution in [-0.2, 0) is 43.2 Å². The Morgan fingerprint density at radius 3 is 1.59 bits per heavy atom. The SMILES string of the molecule is CC(C)CC(NC(=O)C(Cc1ccccc1)NC(=O)C(N)Cc1ccccc1)C(=O)NC(CCCCN)C(=O)N1CCC2(CC1)CN(C(=O)C(N)Cc1ccccc1)C2. The van der Waals surface area contributed by atoms with Gasteiger partial charge in [0.15, 0.2) is 0 Å². The summed E-state index contributed by atoms with van der Waals surface area (Å²) < 4.78 is 0. The van der Waals surface area contributed by atoms with Gasteiger partial charge >= 0.3 is 0 Å². The number of carbonyl (C=O) groups is 5. The second-order valence-corrected chi connectivity index (χ2v) is 16.9. The van der Waals surface area contributed by atoms with E-state index in [2.05, 4.69) is 16.0 Å². The van der Waals surface area contributed by atoms with Gasteiger partial charge in [0.2, 0.25) is 29.5 Å². The molecule has 5 unspecified atom stereocenters. The van der Waals surface area contributed by atoms with Crippen LogP contribution in [0.2, 0.25) is 0 Å². The number of unbranched alkanes of at least 4 members (excludes halogenated alkanes) is 1. The Kier molecular flexibility index (Phi) is 16.6. The van der Waals surface area contributed by atoms with Crippen LogP contribution in [0.25, 0.3) is 0 Å². The number of nitrogens with zero attached hydrogens (tertiary/aromatic N) is 2. The molecule has 5 atom stereocenters. The van der Waals surface area contributed by atoms with E-state index in [1.807, 2.05) is 115 Å². The summed E-state index contributed by atoms with van der Waals surface area (Å²) >= 11 is 0. The maximum atomic E-state index is 14.1. The lowest BCUT2D eigenvalue weighted by atomic mass is 9.71. The van der Waals surface area contributed by atoms with E-state index in [9.17, 15) is 24.0 Å². The monoisotopic (exact) mass is 808 g/mol. The molecule has 0 aromatic heterocycles. The van der Waals surface area contributed by atoms with Crippen LogP contribution in [-0.4, -0.2) is 102 Å². The summed E-state index contributed by atoms with van der Waals surface area (Å²) in [5, 5.41) is 8.77. The minimum Gasteiger partial charge on any atom is -0.343 e. The number of hydrogen-bond donors (Lipinski definition) is 6. The van der Waals surface area contributed by atoms with Gasteiger partial charge in [-0.1, -0.05) is 105 Å². The van der Waals surface area contributed by atoms with Crippen molar-refractivity contribution >= 4 is 29.5 Å². The fraction of sp³-hybridized carbons (Fsp3) is 0.500. The van der Waals surface area contributed by atoms with Crippen LogP contribution >= 0.6 is 0 Å². The molecule has 0 bridgehead atoms. The Hall–Kier alpha value is -5.11. The standard InChI is InChI=1S/C46H64N8O5/c1-32(2)26-39(52-43(57)40(29-35-18-10-5-11-19-35)51-41(55)36(48)27-33-14-6-3-7-15-33)42(56)50-38(20-12-13-23-47)45(59)53-24-21-46(22-25-53)30-54(31-46)44(58)37(49)28-34-16-8-4-9-17-34/h3-11,14-19,32,36-40H,12-13,20-31,47-49H2,1-2H3,(H,50,56)(H,51,55)(H,52,57). The van der Waals surface area contributed by atoms with Crippen LogP contribution in [0.15, 0.2) is 91.0 Å². The molecule has 0 saturated carbocycles. The van der Waals surface area contributed by atoms with Crippen molar-refractivity contribution < 1.29 is 24.0 Å². The molecule has 0 aliphatic carbocycles. The Morgan fingerprint density at radius 2 is 1.07 bits per heavy atom. The molecule has 13 heteroatoms. The van der Waals surface area contributed by atoms with Crippen molar-refractivity contribution in [2.45, 2.75) is 102 Å². The Bertz CT molecular complexity index is 1810. The Labute approximate surface area is 349 Å². The number of amides is 5. The quantitative estimate of drug-likeness (QED) is 0.0934. The van der Waals surface area contributed by atoms with Crippen molar-refractivity contribution in [3.05, 3.63) is 108 Å². The van der Waals surface area contributed by atoms with E-state index in [4.69, 9.17) is 17.2 Å². The highest BCUT2D eigenvalue weighted by molar-refractivity contribution is 5.95. The third kappa shape index (κ3) is 13.2. The van der Waals surface area contributed by atoms with Crippen molar-refractivity contribution in [3.63, 3.8) is 0 Å². The molecule has 0 radical (unpaired) electrons. The van der Waals surface area contributed by atoms with E-state index in [1.165, 1.54) is 0 Å². The molecule has 2 aliphatic heterocycles. The van der Waals surface area contributed by atoms with Crippen molar-refractivity contribution in [2.75, 3.05) is 32.7 Å². The lowest BCUT2D eigenvalue weighted by Gasteiger charge is -2.54. The first-order chi connectivity index (χ1) is 28.4. The van der Waals surface area contributed by atoms with Crippen molar-refractivity contribution in [1.29, 1.82) is 0 Å². The summed E-state index contributed by atoms with van der Waals surface area (Å²) in [6, 6.07) is 24.3. The molecular formula is C46H64N8O5. The van der Waals surface area contributed by atoms with Crippen molar-refractivity contribution in [3.8, 4) is 0 Å². The summed E-state index contributed by atoms with van der Waals surface area (Å²) in [4.78, 5) is 72.4. The minimum atomic E-state index is -1.01. The third-order valence-corrected chi connectivity index (χ3v) is 11.6. The Morgan fingerprint density at radius 1 is 0.593 bits per heavy atom. The lowest BCUT2D eigenvalue weighted by Crippen LogP contribution is -2.65. The zero-order chi connectivity index (χ0) is 42.4. The van der Waals surface area contributed by atoms with Crippen LogP contribution < -0.4 is 33.2 Å². The summed E-state index contributed by atoms with van der Waals surface area (Å²) in [5.74, 6) is -1.65. The van der Waals surface area contributed by atoms with Crippen LogP contribution in [0.1, 0.15) is 69.1 Å². The predicted molar refractivity (Wildman–Crippen MR) is 229 cm³/mol. The van der Waals surface area contributed by atoms with Gasteiger partial charge in [0.25, 0.3) is 0 Å². The van der Waals surface area contributed by atoms with E-state index in [0.717, 1.165) is 29.5 Å². The van der Waals surface area contributed by atoms with E-state index < -0.39 is 47.9 Å². The number of likely N-dealkylation sites (tertiary alicyclic amines) is 2. The maximum absolute atomic E-state index is 14.1. The fourth-order valence-corrected chi connectivity index (χ4v) is 8.14. The number of hydrogen-bond acceptors (Lipinski definition) is 8. The zero-order valence-electron chi connectivity index (χ0n) is 34.7. The molecule has 318 valence electrons. The topological polar surface area (TPSA) is 206 Å². The molecule has 9 N–H and O–H groups in total. The first-order valence-electron chi connectivity index (χ1n) is 21.2. The average Bonchev–Trinajstić information content (AvgIpc) is 3.22. The second-order valence-electron chi connectivity index (χ2n) is 16.9. The summed E-state index contributed by atoms with van der Waals surface area (Å²) in [7, 11) is 0. The largest absolute Gasteiger partial charge is 0.343 e. The van der Waals surface area contributed by atoms with E-state index in [-0.39, 0.29) is 29.6 Å². The van der Waals surface area contributed by atoms with E-state index in [0.29, 0.717) is 71.2 Å². The number of rotatable bonds is 20. The highest BCUT2D eigenvalue weighted by atomic mass is 16.2. The number of piperidine rings is 1. The zero-order valence-corrected chi connectivity index (χ0v) is 34.7. The number of nitrogens with one attached hydrogen (secondary N) is 3. The molecule has 1 spiro atoms. The summed E-state index contributed by atoms with van der Waals surface area (Å²) in [5.41, 5.74) is 21.1. The molecule has 2 aliphatic rings. The van der Waals surface area contributed by atoms with Crippen LogP contribution in [0.5, 0.6) is 0 Å². The van der Waals surface area contributed by atoms with Crippen LogP contribution in [0, 0.1) is 11.3 Å². The van der Waals surface area contributed by atoms with Crippen LogP contribution in [0.4, 0.5) is 0 Å². The molecule has 13 nitrogen and oxygen atoms in total. The van der Waals surface area contributed by atoms with Gasteiger partial charge in [0.1, 0.15) is 18.1 Å². The lowest BCUT2D eigenvalue weighted by molar-refractivity contribution is -0.152. The third-order valence-electron chi connectivity index (χ3n) is 11.6. The van der Waals surface area contributed by atoms with Crippen molar-refractivity contribution in [1.82, 2.24) is 25.8 Å². The number of benzene rings is 3.